The molecule has 0 bridgehead atoms. The first-order valence-corrected chi connectivity index (χ1v) is 9.39. The first-order valence-electron chi connectivity index (χ1n) is 9.39. The second-order valence-electron chi connectivity index (χ2n) is 8.32. The number of carbonyl (C=O) groups excluding carboxylic acids is 1. The maximum absolute atomic E-state index is 12.7. The second-order valence-corrected chi connectivity index (χ2v) is 8.32. The van der Waals surface area contributed by atoms with Gasteiger partial charge in [-0.15, -0.1) is 0 Å². The molecule has 1 aliphatic carbocycles. The normalized spacial score (nSPS) is 26.7. The zero-order valence-electron chi connectivity index (χ0n) is 14.8. The van der Waals surface area contributed by atoms with Gasteiger partial charge in [-0.05, 0) is 38.1 Å². The number of rotatable bonds is 4. The van der Waals surface area contributed by atoms with E-state index in [1.54, 1.807) is 0 Å². The number of carbonyl (C=O) groups is 1. The average Bonchev–Trinajstić information content (AvgIpc) is 2.97. The van der Waals surface area contributed by atoms with Crippen LogP contribution in [0, 0.1) is 11.3 Å². The summed E-state index contributed by atoms with van der Waals surface area (Å²) in [6.07, 6.45) is 6.58. The standard InChI is InChI=1S/C18H29N5O/c1-13(2)10-23-16(14-3-4-14)15(9-20-23)21-17(24)22-8-6-18(12-22)5-7-19-11-18/h9,13-14,19H,3-8,10-12H2,1-2H3,(H,21,24). The van der Waals surface area contributed by atoms with Crippen molar-refractivity contribution in [2.75, 3.05) is 31.5 Å². The molecule has 3 fully saturated rings. The number of aromatic nitrogens is 2. The summed E-state index contributed by atoms with van der Waals surface area (Å²) in [6.45, 7) is 9.21. The Kier molecular flexibility index (Phi) is 4.03. The predicted octanol–water partition coefficient (Wildman–Crippen LogP) is 2.63. The highest BCUT2D eigenvalue weighted by molar-refractivity contribution is 5.90. The minimum Gasteiger partial charge on any atom is -0.324 e. The molecule has 0 aromatic carbocycles. The lowest BCUT2D eigenvalue weighted by atomic mass is 9.87. The minimum absolute atomic E-state index is 0.0461. The van der Waals surface area contributed by atoms with Gasteiger partial charge in [0.1, 0.15) is 0 Å². The second kappa shape index (κ2) is 6.06. The van der Waals surface area contributed by atoms with Gasteiger partial charge in [0.2, 0.25) is 0 Å². The Labute approximate surface area is 144 Å². The molecule has 132 valence electrons. The molecule has 6 heteroatoms. The van der Waals surface area contributed by atoms with Crippen LogP contribution >= 0.6 is 0 Å². The van der Waals surface area contributed by atoms with Gasteiger partial charge in [-0.3, -0.25) is 4.68 Å². The van der Waals surface area contributed by atoms with Crippen molar-refractivity contribution in [2.24, 2.45) is 11.3 Å². The first kappa shape index (κ1) is 15.9. The molecule has 4 rings (SSSR count). The average molecular weight is 331 g/mol. The van der Waals surface area contributed by atoms with Crippen LogP contribution in [0.25, 0.3) is 0 Å². The van der Waals surface area contributed by atoms with Crippen LogP contribution in [-0.4, -0.2) is 46.9 Å². The van der Waals surface area contributed by atoms with Crippen molar-refractivity contribution < 1.29 is 4.79 Å². The lowest BCUT2D eigenvalue weighted by molar-refractivity contribution is 0.215. The molecule has 0 radical (unpaired) electrons. The molecule has 24 heavy (non-hydrogen) atoms. The number of hydrogen-bond acceptors (Lipinski definition) is 3. The smallest absolute Gasteiger partial charge is 0.321 e. The van der Waals surface area contributed by atoms with Crippen molar-refractivity contribution in [3.05, 3.63) is 11.9 Å². The van der Waals surface area contributed by atoms with E-state index in [1.807, 2.05) is 11.1 Å². The summed E-state index contributed by atoms with van der Waals surface area (Å²) in [4.78, 5) is 14.7. The molecule has 3 heterocycles. The molecule has 1 aromatic heterocycles. The summed E-state index contributed by atoms with van der Waals surface area (Å²) in [5.41, 5.74) is 2.47. The van der Waals surface area contributed by atoms with E-state index in [9.17, 15) is 4.79 Å². The Bertz CT molecular complexity index is 613. The van der Waals surface area contributed by atoms with Gasteiger partial charge in [0, 0.05) is 37.5 Å². The summed E-state index contributed by atoms with van der Waals surface area (Å²) >= 11 is 0. The van der Waals surface area contributed by atoms with Gasteiger partial charge in [0.05, 0.1) is 17.6 Å². The van der Waals surface area contributed by atoms with E-state index < -0.39 is 0 Å². The number of nitrogens with one attached hydrogen (secondary N) is 2. The molecule has 2 N–H and O–H groups in total. The van der Waals surface area contributed by atoms with Crippen LogP contribution in [-0.2, 0) is 6.54 Å². The van der Waals surface area contributed by atoms with E-state index in [0.717, 1.165) is 44.8 Å². The SMILES string of the molecule is CC(C)Cn1ncc(NC(=O)N2CCC3(CCNC3)C2)c1C1CC1. The Morgan fingerprint density at radius 2 is 2.29 bits per heavy atom. The molecule has 6 nitrogen and oxygen atoms in total. The lowest BCUT2D eigenvalue weighted by Crippen LogP contribution is -2.36. The van der Waals surface area contributed by atoms with Crippen molar-refractivity contribution in [3.63, 3.8) is 0 Å². The van der Waals surface area contributed by atoms with E-state index in [0.29, 0.717) is 17.3 Å². The Balaban J connectivity index is 1.45. The number of nitrogens with zero attached hydrogens (tertiary/aromatic N) is 3. The highest BCUT2D eigenvalue weighted by Crippen LogP contribution is 2.44. The van der Waals surface area contributed by atoms with Crippen LogP contribution < -0.4 is 10.6 Å². The third kappa shape index (κ3) is 3.04. The Hall–Kier alpha value is -1.56. The molecule has 1 spiro atoms. The molecule has 2 amide bonds. The fourth-order valence-electron chi connectivity index (χ4n) is 4.22. The number of hydrogen-bond donors (Lipinski definition) is 2. The minimum atomic E-state index is 0.0461. The van der Waals surface area contributed by atoms with Crippen molar-refractivity contribution in [1.29, 1.82) is 0 Å². The molecule has 2 aliphatic heterocycles. The summed E-state index contributed by atoms with van der Waals surface area (Å²) < 4.78 is 2.10. The van der Waals surface area contributed by atoms with Gasteiger partial charge in [0.25, 0.3) is 0 Å². The number of likely N-dealkylation sites (tertiary alicyclic amines) is 1. The molecule has 3 aliphatic rings. The molecule has 1 saturated carbocycles. The Morgan fingerprint density at radius 3 is 2.96 bits per heavy atom. The van der Waals surface area contributed by atoms with Crippen LogP contribution in [0.2, 0.25) is 0 Å². The van der Waals surface area contributed by atoms with Crippen LogP contribution in [0.3, 0.4) is 0 Å². The topological polar surface area (TPSA) is 62.2 Å². The van der Waals surface area contributed by atoms with Crippen molar-refractivity contribution in [2.45, 2.75) is 52.0 Å². The van der Waals surface area contributed by atoms with Gasteiger partial charge in [-0.2, -0.15) is 5.10 Å². The van der Waals surface area contributed by atoms with E-state index >= 15 is 0 Å². The first-order chi connectivity index (χ1) is 11.6. The molecular formula is C18H29N5O. The van der Waals surface area contributed by atoms with Crippen LogP contribution in [0.4, 0.5) is 10.5 Å². The quantitative estimate of drug-likeness (QED) is 0.891. The largest absolute Gasteiger partial charge is 0.324 e. The van der Waals surface area contributed by atoms with Gasteiger partial charge in [0.15, 0.2) is 0 Å². The zero-order valence-corrected chi connectivity index (χ0v) is 14.8. The molecule has 1 atom stereocenters. The van der Waals surface area contributed by atoms with Crippen molar-refractivity contribution >= 4 is 11.7 Å². The highest BCUT2D eigenvalue weighted by atomic mass is 16.2. The lowest BCUT2D eigenvalue weighted by Gasteiger charge is -2.23. The van der Waals surface area contributed by atoms with E-state index in [4.69, 9.17) is 0 Å². The fourth-order valence-corrected chi connectivity index (χ4v) is 4.22. The molecule has 2 saturated heterocycles. The summed E-state index contributed by atoms with van der Waals surface area (Å²) in [6, 6.07) is 0.0461. The third-order valence-electron chi connectivity index (χ3n) is 5.68. The van der Waals surface area contributed by atoms with Crippen LogP contribution in [0.5, 0.6) is 0 Å². The van der Waals surface area contributed by atoms with Gasteiger partial charge in [-0.25, -0.2) is 4.79 Å². The van der Waals surface area contributed by atoms with E-state index in [-0.39, 0.29) is 6.03 Å². The van der Waals surface area contributed by atoms with Crippen molar-refractivity contribution in [3.8, 4) is 0 Å². The maximum Gasteiger partial charge on any atom is 0.321 e. The summed E-state index contributed by atoms with van der Waals surface area (Å²) in [7, 11) is 0. The summed E-state index contributed by atoms with van der Waals surface area (Å²) in [5, 5.41) is 11.1. The van der Waals surface area contributed by atoms with Crippen LogP contribution in [0.15, 0.2) is 6.20 Å². The fraction of sp³-hybridized carbons (Fsp3) is 0.778. The highest BCUT2D eigenvalue weighted by Gasteiger charge is 2.42. The monoisotopic (exact) mass is 331 g/mol. The maximum atomic E-state index is 12.7. The summed E-state index contributed by atoms with van der Waals surface area (Å²) in [5.74, 6) is 1.13. The molecule has 1 aromatic rings. The van der Waals surface area contributed by atoms with Gasteiger partial charge < -0.3 is 15.5 Å². The molecular weight excluding hydrogens is 302 g/mol. The van der Waals surface area contributed by atoms with E-state index in [2.05, 4.69) is 34.3 Å². The zero-order chi connectivity index (χ0) is 16.7. The van der Waals surface area contributed by atoms with E-state index in [1.165, 1.54) is 25.0 Å². The Morgan fingerprint density at radius 1 is 1.46 bits per heavy atom. The van der Waals surface area contributed by atoms with Gasteiger partial charge >= 0.3 is 6.03 Å². The van der Waals surface area contributed by atoms with Crippen LogP contribution in [0.1, 0.15) is 51.1 Å². The molecule has 1 unspecified atom stereocenters. The number of anilines is 1. The number of amides is 2. The van der Waals surface area contributed by atoms with Crippen molar-refractivity contribution in [1.82, 2.24) is 20.0 Å². The number of urea groups is 1. The van der Waals surface area contributed by atoms with Gasteiger partial charge in [-0.1, -0.05) is 13.8 Å². The predicted molar refractivity (Wildman–Crippen MR) is 94.2 cm³/mol. The third-order valence-corrected chi connectivity index (χ3v) is 5.68.